The fourth-order valence-electron chi connectivity index (χ4n) is 4.31. The number of piperidine rings is 1. The normalized spacial score (nSPS) is 15.6. The van der Waals surface area contributed by atoms with Crippen LogP contribution < -0.4 is 5.32 Å². The number of carbonyl (C=O) groups is 1. The topological polar surface area (TPSA) is 35.6 Å². The molecule has 0 radical (unpaired) electrons. The molecule has 1 heterocycles. The maximum Gasteiger partial charge on any atom is 0.238 e. The van der Waals surface area contributed by atoms with Crippen LogP contribution in [0.1, 0.15) is 36.5 Å². The number of hydrogen-bond donors (Lipinski definition) is 1. The fraction of sp³-hybridized carbons (Fsp3) is 0.480. The monoisotopic (exact) mass is 393 g/mol. The molecule has 0 saturated carbocycles. The van der Waals surface area contributed by atoms with Crippen molar-refractivity contribution < 1.29 is 4.79 Å². The molecule has 0 bridgehead atoms. The Morgan fingerprint density at radius 1 is 1.10 bits per heavy atom. The largest absolute Gasteiger partial charge is 0.324 e. The fourth-order valence-corrected chi connectivity index (χ4v) is 4.31. The minimum absolute atomic E-state index is 0.105. The SMILES string of the molecule is CCc1cccc(C)c1NC(=O)CN1CCC(CN(C)Cc2ccccc2)CC1. The molecule has 29 heavy (non-hydrogen) atoms. The number of para-hydroxylation sites is 1. The summed E-state index contributed by atoms with van der Waals surface area (Å²) >= 11 is 0. The Kier molecular flexibility index (Phi) is 7.84. The zero-order chi connectivity index (χ0) is 20.6. The zero-order valence-electron chi connectivity index (χ0n) is 18.2. The lowest BCUT2D eigenvalue weighted by molar-refractivity contribution is -0.117. The highest BCUT2D eigenvalue weighted by atomic mass is 16.2. The van der Waals surface area contributed by atoms with E-state index in [1.807, 2.05) is 0 Å². The van der Waals surface area contributed by atoms with Crippen LogP contribution >= 0.6 is 0 Å². The van der Waals surface area contributed by atoms with Crippen LogP contribution in [0.25, 0.3) is 0 Å². The standard InChI is InChI=1S/C25H35N3O/c1-4-23-12-8-9-20(2)25(23)26-24(29)19-28-15-13-22(14-16-28)18-27(3)17-21-10-6-5-7-11-21/h5-12,22H,4,13-19H2,1-3H3,(H,26,29). The molecular formula is C25H35N3O. The Hall–Kier alpha value is -2.17. The van der Waals surface area contributed by atoms with Gasteiger partial charge in [0.15, 0.2) is 0 Å². The van der Waals surface area contributed by atoms with Crippen LogP contribution in [0.4, 0.5) is 5.69 Å². The maximum atomic E-state index is 12.6. The summed E-state index contributed by atoms with van der Waals surface area (Å²) in [5.74, 6) is 0.819. The van der Waals surface area contributed by atoms with Gasteiger partial charge < -0.3 is 10.2 Å². The second-order valence-corrected chi connectivity index (χ2v) is 8.41. The van der Waals surface area contributed by atoms with Gasteiger partial charge in [-0.25, -0.2) is 0 Å². The van der Waals surface area contributed by atoms with Crippen LogP contribution in [-0.2, 0) is 17.8 Å². The first-order valence-corrected chi connectivity index (χ1v) is 10.9. The van der Waals surface area contributed by atoms with Crippen molar-refractivity contribution in [3.63, 3.8) is 0 Å². The van der Waals surface area contributed by atoms with Crippen molar-refractivity contribution in [2.75, 3.05) is 38.5 Å². The molecule has 0 atom stereocenters. The van der Waals surface area contributed by atoms with Gasteiger partial charge >= 0.3 is 0 Å². The van der Waals surface area contributed by atoms with E-state index in [0.717, 1.165) is 56.7 Å². The molecule has 1 amide bonds. The number of likely N-dealkylation sites (tertiary alicyclic amines) is 1. The van der Waals surface area contributed by atoms with Crippen LogP contribution in [0.15, 0.2) is 48.5 Å². The molecule has 2 aromatic rings. The van der Waals surface area contributed by atoms with E-state index < -0.39 is 0 Å². The van der Waals surface area contributed by atoms with Gasteiger partial charge in [0.25, 0.3) is 0 Å². The smallest absolute Gasteiger partial charge is 0.238 e. The predicted molar refractivity (Wildman–Crippen MR) is 121 cm³/mol. The third kappa shape index (κ3) is 6.41. The first-order chi connectivity index (χ1) is 14.0. The van der Waals surface area contributed by atoms with Crippen molar-refractivity contribution >= 4 is 11.6 Å². The molecule has 0 aliphatic carbocycles. The van der Waals surface area contributed by atoms with Crippen molar-refractivity contribution in [1.29, 1.82) is 0 Å². The summed E-state index contributed by atoms with van der Waals surface area (Å²) in [7, 11) is 2.21. The number of rotatable bonds is 8. The molecule has 4 heteroatoms. The highest BCUT2D eigenvalue weighted by Crippen LogP contribution is 2.22. The Labute approximate surface area is 175 Å². The molecule has 0 spiro atoms. The molecule has 156 valence electrons. The lowest BCUT2D eigenvalue weighted by Gasteiger charge is -2.33. The van der Waals surface area contributed by atoms with Crippen LogP contribution in [0, 0.1) is 12.8 Å². The van der Waals surface area contributed by atoms with Crippen LogP contribution in [0.5, 0.6) is 0 Å². The molecule has 2 aromatic carbocycles. The molecule has 1 N–H and O–H groups in total. The number of carbonyl (C=O) groups excluding carboxylic acids is 1. The second kappa shape index (κ2) is 10.6. The van der Waals surface area contributed by atoms with Gasteiger partial charge in [-0.05, 0) is 68.9 Å². The molecule has 4 nitrogen and oxygen atoms in total. The number of hydrogen-bond acceptors (Lipinski definition) is 3. The van der Waals surface area contributed by atoms with Gasteiger partial charge in [-0.3, -0.25) is 9.69 Å². The average molecular weight is 394 g/mol. The van der Waals surface area contributed by atoms with Crippen molar-refractivity contribution in [3.05, 3.63) is 65.2 Å². The molecule has 0 aromatic heterocycles. The van der Waals surface area contributed by atoms with E-state index in [1.165, 1.54) is 11.1 Å². The predicted octanol–water partition coefficient (Wildman–Crippen LogP) is 4.34. The number of amides is 1. The number of aryl methyl sites for hydroxylation is 2. The number of nitrogens with one attached hydrogen (secondary N) is 1. The van der Waals surface area contributed by atoms with Crippen molar-refractivity contribution in [2.24, 2.45) is 5.92 Å². The average Bonchev–Trinajstić information content (AvgIpc) is 2.71. The van der Waals surface area contributed by atoms with E-state index in [1.54, 1.807) is 0 Å². The quantitative estimate of drug-likeness (QED) is 0.725. The molecule has 1 aliphatic rings. The zero-order valence-corrected chi connectivity index (χ0v) is 18.2. The van der Waals surface area contributed by atoms with Gasteiger partial charge in [-0.15, -0.1) is 0 Å². The van der Waals surface area contributed by atoms with Gasteiger partial charge in [-0.1, -0.05) is 55.5 Å². The minimum Gasteiger partial charge on any atom is -0.324 e. The first-order valence-electron chi connectivity index (χ1n) is 10.9. The molecule has 1 saturated heterocycles. The van der Waals surface area contributed by atoms with E-state index in [2.05, 4.69) is 84.5 Å². The van der Waals surface area contributed by atoms with E-state index in [-0.39, 0.29) is 5.91 Å². The lowest BCUT2D eigenvalue weighted by atomic mass is 9.96. The number of anilines is 1. The number of nitrogens with zero attached hydrogens (tertiary/aromatic N) is 2. The van der Waals surface area contributed by atoms with E-state index in [0.29, 0.717) is 12.5 Å². The Balaban J connectivity index is 1.42. The summed E-state index contributed by atoms with van der Waals surface area (Å²) in [5.41, 5.74) is 4.71. The van der Waals surface area contributed by atoms with Crippen molar-refractivity contribution in [1.82, 2.24) is 9.80 Å². The lowest BCUT2D eigenvalue weighted by Crippen LogP contribution is -2.41. The Bertz CT molecular complexity index is 782. The third-order valence-corrected chi connectivity index (χ3v) is 5.94. The molecule has 1 fully saturated rings. The van der Waals surface area contributed by atoms with E-state index >= 15 is 0 Å². The summed E-state index contributed by atoms with van der Waals surface area (Å²) in [6, 6.07) is 16.9. The van der Waals surface area contributed by atoms with Gasteiger partial charge in [0.1, 0.15) is 0 Å². The van der Waals surface area contributed by atoms with Crippen molar-refractivity contribution in [2.45, 2.75) is 39.7 Å². The first kappa shape index (κ1) is 21.5. The van der Waals surface area contributed by atoms with Crippen molar-refractivity contribution in [3.8, 4) is 0 Å². The van der Waals surface area contributed by atoms with E-state index in [9.17, 15) is 4.79 Å². The minimum atomic E-state index is 0.105. The van der Waals surface area contributed by atoms with Crippen LogP contribution in [-0.4, -0.2) is 48.9 Å². The molecule has 1 aliphatic heterocycles. The van der Waals surface area contributed by atoms with Gasteiger partial charge in [-0.2, -0.15) is 0 Å². The second-order valence-electron chi connectivity index (χ2n) is 8.41. The van der Waals surface area contributed by atoms with Gasteiger partial charge in [0.2, 0.25) is 5.91 Å². The highest BCUT2D eigenvalue weighted by molar-refractivity contribution is 5.93. The summed E-state index contributed by atoms with van der Waals surface area (Å²) < 4.78 is 0. The maximum absolute atomic E-state index is 12.6. The van der Waals surface area contributed by atoms with Crippen LogP contribution in [0.2, 0.25) is 0 Å². The highest BCUT2D eigenvalue weighted by Gasteiger charge is 2.22. The summed E-state index contributed by atoms with van der Waals surface area (Å²) in [6.45, 7) is 8.81. The Morgan fingerprint density at radius 3 is 2.52 bits per heavy atom. The van der Waals surface area contributed by atoms with Gasteiger partial charge in [0, 0.05) is 18.8 Å². The number of benzene rings is 2. The summed E-state index contributed by atoms with van der Waals surface area (Å²) in [5, 5.41) is 3.16. The summed E-state index contributed by atoms with van der Waals surface area (Å²) in [6.07, 6.45) is 3.26. The van der Waals surface area contributed by atoms with E-state index in [4.69, 9.17) is 0 Å². The molecule has 3 rings (SSSR count). The molecule has 0 unspecified atom stereocenters. The molecular weight excluding hydrogens is 358 g/mol. The van der Waals surface area contributed by atoms with Gasteiger partial charge in [0.05, 0.1) is 6.54 Å². The van der Waals surface area contributed by atoms with Crippen LogP contribution in [0.3, 0.4) is 0 Å². The Morgan fingerprint density at radius 2 is 1.83 bits per heavy atom. The third-order valence-electron chi connectivity index (χ3n) is 5.94. The summed E-state index contributed by atoms with van der Waals surface area (Å²) in [4.78, 5) is 17.3.